The number of rotatable bonds is 10. The Kier molecular flexibility index (Phi) is 7.41. The molecule has 0 amide bonds. The van der Waals surface area contributed by atoms with Gasteiger partial charge in [0.2, 0.25) is 0 Å². The molecule has 5 nitrogen and oxygen atoms in total. The lowest BCUT2D eigenvalue weighted by atomic mass is 10.1. The van der Waals surface area contributed by atoms with Crippen LogP contribution in [0.4, 0.5) is 0 Å². The van der Waals surface area contributed by atoms with Crippen molar-refractivity contribution in [3.8, 4) is 0 Å². The first-order chi connectivity index (χ1) is 8.70. The van der Waals surface area contributed by atoms with Crippen LogP contribution in [0.3, 0.4) is 0 Å². The number of carbonyl (C=O) groups is 1. The highest BCUT2D eigenvalue weighted by molar-refractivity contribution is 5.85. The zero-order chi connectivity index (χ0) is 15.1. The lowest BCUT2D eigenvalue weighted by Gasteiger charge is -2.33. The molecule has 19 heavy (non-hydrogen) atoms. The third-order valence-corrected chi connectivity index (χ3v) is 2.24. The van der Waals surface area contributed by atoms with Crippen LogP contribution in [0.1, 0.15) is 34.1 Å². The maximum atomic E-state index is 10.7. The van der Waals surface area contributed by atoms with Crippen molar-refractivity contribution in [1.82, 2.24) is 0 Å². The van der Waals surface area contributed by atoms with Crippen LogP contribution in [0.2, 0.25) is 0 Å². The van der Waals surface area contributed by atoms with Crippen molar-refractivity contribution >= 4 is 5.97 Å². The Hall–Kier alpha value is -1.33. The van der Waals surface area contributed by atoms with E-state index in [0.29, 0.717) is 0 Å². The van der Waals surface area contributed by atoms with Gasteiger partial charge in [-0.1, -0.05) is 13.2 Å². The Morgan fingerprint density at radius 1 is 1.37 bits per heavy atom. The molecule has 0 heterocycles. The molecule has 1 N–H and O–H groups in total. The van der Waals surface area contributed by atoms with Crippen LogP contribution < -0.4 is 0 Å². The van der Waals surface area contributed by atoms with Gasteiger partial charge in [0.1, 0.15) is 6.61 Å². The van der Waals surface area contributed by atoms with Crippen LogP contribution in [0, 0.1) is 0 Å². The Labute approximate surface area is 114 Å². The minimum absolute atomic E-state index is 0.0479. The molecule has 0 fully saturated rings. The van der Waals surface area contributed by atoms with E-state index >= 15 is 0 Å². The molecule has 0 aliphatic heterocycles. The molecule has 2 unspecified atom stereocenters. The maximum Gasteiger partial charge on any atom is 0.331 e. The number of ether oxygens (including phenoxy) is 3. The lowest BCUT2D eigenvalue weighted by molar-refractivity contribution is -0.275. The quantitative estimate of drug-likeness (QED) is 0.376. The number of carboxylic acids is 1. The maximum absolute atomic E-state index is 10.7. The fraction of sp³-hybridized carbons (Fsp3) is 0.643. The van der Waals surface area contributed by atoms with Crippen LogP contribution >= 0.6 is 0 Å². The van der Waals surface area contributed by atoms with Crippen LogP contribution in [-0.4, -0.2) is 35.7 Å². The van der Waals surface area contributed by atoms with Crippen molar-refractivity contribution in [2.24, 2.45) is 0 Å². The molecule has 0 aromatic heterocycles. The van der Waals surface area contributed by atoms with Crippen molar-refractivity contribution in [1.29, 1.82) is 0 Å². The topological polar surface area (TPSA) is 65.0 Å². The second-order valence-corrected chi connectivity index (χ2v) is 4.82. The summed E-state index contributed by atoms with van der Waals surface area (Å²) < 4.78 is 16.6. The van der Waals surface area contributed by atoms with E-state index in [-0.39, 0.29) is 30.8 Å². The first-order valence-corrected chi connectivity index (χ1v) is 6.19. The number of aliphatic carboxylic acids is 1. The molecule has 0 aromatic rings. The monoisotopic (exact) mass is 272 g/mol. The van der Waals surface area contributed by atoms with Crippen molar-refractivity contribution in [2.45, 2.75) is 52.1 Å². The number of hydrogen-bond donors (Lipinski definition) is 1. The molecule has 110 valence electrons. The van der Waals surface area contributed by atoms with Gasteiger partial charge in [0, 0.05) is 12.0 Å². The summed E-state index contributed by atoms with van der Waals surface area (Å²) in [6, 6.07) is 0. The van der Waals surface area contributed by atoms with Gasteiger partial charge in [-0.25, -0.2) is 4.79 Å². The summed E-state index contributed by atoms with van der Waals surface area (Å²) >= 11 is 0. The van der Waals surface area contributed by atoms with E-state index in [0.717, 1.165) is 0 Å². The van der Waals surface area contributed by atoms with Gasteiger partial charge in [-0.2, -0.15) is 0 Å². The molecule has 0 aromatic carbocycles. The Bertz CT molecular complexity index is 324. The molecule has 2 atom stereocenters. The molecule has 0 aliphatic rings. The molecule has 0 bridgehead atoms. The van der Waals surface area contributed by atoms with Gasteiger partial charge in [0.15, 0.2) is 5.79 Å². The van der Waals surface area contributed by atoms with Gasteiger partial charge >= 0.3 is 5.97 Å². The molecule has 0 saturated heterocycles. The molecule has 0 spiro atoms. The summed E-state index contributed by atoms with van der Waals surface area (Å²) in [5.74, 6) is -1.98. The highest BCUT2D eigenvalue weighted by Gasteiger charge is 2.31. The van der Waals surface area contributed by atoms with E-state index in [9.17, 15) is 4.79 Å². The van der Waals surface area contributed by atoms with Crippen LogP contribution in [0.15, 0.2) is 25.0 Å². The largest absolute Gasteiger partial charge is 0.496 e. The highest BCUT2D eigenvalue weighted by atomic mass is 16.7. The van der Waals surface area contributed by atoms with E-state index in [4.69, 9.17) is 19.3 Å². The molecule has 0 aliphatic carbocycles. The number of carboxylic acid groups (broad SMARTS) is 1. The van der Waals surface area contributed by atoms with E-state index in [1.54, 1.807) is 13.8 Å². The summed E-state index contributed by atoms with van der Waals surface area (Å²) in [5, 5.41) is 8.79. The third kappa shape index (κ3) is 7.64. The Morgan fingerprint density at radius 2 is 1.95 bits per heavy atom. The first kappa shape index (κ1) is 17.7. The van der Waals surface area contributed by atoms with E-state index in [1.165, 1.54) is 6.26 Å². The summed E-state index contributed by atoms with van der Waals surface area (Å²) in [7, 11) is 0. The van der Waals surface area contributed by atoms with Crippen LogP contribution in [-0.2, 0) is 19.0 Å². The highest BCUT2D eigenvalue weighted by Crippen LogP contribution is 2.21. The average molecular weight is 272 g/mol. The minimum atomic E-state index is -1.02. The van der Waals surface area contributed by atoms with Gasteiger partial charge in [0.25, 0.3) is 0 Å². The average Bonchev–Trinajstić information content (AvgIpc) is 2.24. The van der Waals surface area contributed by atoms with Gasteiger partial charge in [-0.15, -0.1) is 0 Å². The van der Waals surface area contributed by atoms with Gasteiger partial charge in [0.05, 0.1) is 18.5 Å². The Balaban J connectivity index is 4.57. The van der Waals surface area contributed by atoms with Gasteiger partial charge in [-0.3, -0.25) is 0 Å². The van der Waals surface area contributed by atoms with Crippen molar-refractivity contribution in [2.75, 3.05) is 6.61 Å². The second kappa shape index (κ2) is 7.96. The number of hydrogen-bond acceptors (Lipinski definition) is 4. The van der Waals surface area contributed by atoms with E-state index in [1.807, 2.05) is 13.8 Å². The molecule has 0 radical (unpaired) electrons. The predicted octanol–water partition coefficient (Wildman–Crippen LogP) is 2.72. The lowest BCUT2D eigenvalue weighted by Crippen LogP contribution is -2.42. The van der Waals surface area contributed by atoms with Crippen molar-refractivity contribution in [3.05, 3.63) is 25.0 Å². The molecular formula is C14H24O5. The summed E-state index contributed by atoms with van der Waals surface area (Å²) in [5.41, 5.74) is 0.101. The standard InChI is InChI=1S/C14H24O5/c1-7-17-9-14(6,18-10(2)3)19-12(5)8-11(4)13(15)16/h7,10,12H,1,4,8-9H2,2-3,5-6H3,(H,15,16). The summed E-state index contributed by atoms with van der Waals surface area (Å²) in [6.45, 7) is 14.4. The predicted molar refractivity (Wildman–Crippen MR) is 72.7 cm³/mol. The molecular weight excluding hydrogens is 248 g/mol. The minimum Gasteiger partial charge on any atom is -0.496 e. The fourth-order valence-electron chi connectivity index (χ4n) is 1.71. The van der Waals surface area contributed by atoms with Crippen molar-refractivity contribution < 1.29 is 24.1 Å². The van der Waals surface area contributed by atoms with E-state index in [2.05, 4.69) is 13.2 Å². The van der Waals surface area contributed by atoms with Crippen LogP contribution in [0.25, 0.3) is 0 Å². The van der Waals surface area contributed by atoms with E-state index < -0.39 is 11.8 Å². The summed E-state index contributed by atoms with van der Waals surface area (Å²) in [4.78, 5) is 10.7. The zero-order valence-corrected chi connectivity index (χ0v) is 12.1. The second-order valence-electron chi connectivity index (χ2n) is 4.82. The Morgan fingerprint density at radius 3 is 2.37 bits per heavy atom. The van der Waals surface area contributed by atoms with Crippen LogP contribution in [0.5, 0.6) is 0 Å². The molecule has 0 rings (SSSR count). The van der Waals surface area contributed by atoms with Gasteiger partial charge < -0.3 is 19.3 Å². The SMILES string of the molecule is C=COCC(C)(OC(C)C)OC(C)CC(=C)C(=O)O. The fourth-order valence-corrected chi connectivity index (χ4v) is 1.71. The van der Waals surface area contributed by atoms with Gasteiger partial charge in [-0.05, 0) is 27.7 Å². The summed E-state index contributed by atoms with van der Waals surface area (Å²) in [6.07, 6.45) is 1.14. The normalized spacial score (nSPS) is 15.6. The van der Waals surface area contributed by atoms with Crippen molar-refractivity contribution in [3.63, 3.8) is 0 Å². The smallest absolute Gasteiger partial charge is 0.331 e. The zero-order valence-electron chi connectivity index (χ0n) is 12.1. The molecule has 5 heteroatoms. The first-order valence-electron chi connectivity index (χ1n) is 6.19. The molecule has 0 saturated carbocycles. The third-order valence-electron chi connectivity index (χ3n) is 2.24.